The van der Waals surface area contributed by atoms with Gasteiger partial charge in [0.1, 0.15) is 5.82 Å². The molecule has 33 heavy (non-hydrogen) atoms. The molecule has 2 saturated heterocycles. The second-order valence-electron chi connectivity index (χ2n) is 10.2. The lowest BCUT2D eigenvalue weighted by atomic mass is 9.85. The topological polar surface area (TPSA) is 66.5 Å². The van der Waals surface area contributed by atoms with Gasteiger partial charge < -0.3 is 15.4 Å². The van der Waals surface area contributed by atoms with Crippen LogP contribution in [0.1, 0.15) is 58.2 Å². The first-order valence-electron chi connectivity index (χ1n) is 11.5. The number of halogens is 1. The number of hydrogen-bond acceptors (Lipinski definition) is 5. The number of carbonyl (C=O) groups is 1. The fourth-order valence-electron chi connectivity index (χ4n) is 4.61. The normalized spacial score (nSPS) is 22.3. The molecule has 0 spiro atoms. The summed E-state index contributed by atoms with van der Waals surface area (Å²) in [5.41, 5.74) is 2.85. The number of nitrogens with one attached hydrogen (secondary N) is 2. The van der Waals surface area contributed by atoms with Gasteiger partial charge in [-0.2, -0.15) is 0 Å². The van der Waals surface area contributed by atoms with Gasteiger partial charge >= 0.3 is 0 Å². The molecule has 7 heteroatoms. The van der Waals surface area contributed by atoms with Crippen LogP contribution >= 0.6 is 11.6 Å². The number of aromatic nitrogens is 1. The Balaban J connectivity index is 1.55. The average molecular weight is 469 g/mol. The largest absolute Gasteiger partial charge is 0.381 e. The number of benzene rings is 1. The molecule has 176 valence electrons. The van der Waals surface area contributed by atoms with Crippen molar-refractivity contribution in [2.24, 2.45) is 0 Å². The highest BCUT2D eigenvalue weighted by molar-refractivity contribution is 6.34. The van der Waals surface area contributed by atoms with E-state index in [1.807, 2.05) is 48.4 Å². The number of carbonyl (C=O) groups excluding carboxylic acids is 1. The Hall–Kier alpha value is -2.57. The molecule has 2 aromatic rings. The van der Waals surface area contributed by atoms with Gasteiger partial charge in [-0.15, -0.1) is 0 Å². The third kappa shape index (κ3) is 4.87. The lowest BCUT2D eigenvalue weighted by molar-refractivity contribution is -0.137. The first kappa shape index (κ1) is 23.6. The molecule has 1 amide bonds. The number of hydrogen-bond donors (Lipinski definition) is 2. The molecule has 2 N–H and O–H groups in total. The lowest BCUT2D eigenvalue weighted by Gasteiger charge is -2.46. The van der Waals surface area contributed by atoms with E-state index in [0.29, 0.717) is 30.5 Å². The van der Waals surface area contributed by atoms with Crippen LogP contribution in [0.25, 0.3) is 0 Å². The van der Waals surface area contributed by atoms with Crippen molar-refractivity contribution in [1.82, 2.24) is 15.2 Å². The number of ether oxygens (including phenoxy) is 1. The molecular weight excluding hydrogens is 436 g/mol. The van der Waals surface area contributed by atoms with Crippen molar-refractivity contribution >= 4 is 28.9 Å². The van der Waals surface area contributed by atoms with Crippen molar-refractivity contribution in [2.75, 3.05) is 18.5 Å². The summed E-state index contributed by atoms with van der Waals surface area (Å²) in [6, 6.07) is 10.0. The first-order valence-corrected chi connectivity index (χ1v) is 11.9. The molecule has 0 unspecified atom stereocenters. The molecular formula is C26H33ClN4O2. The van der Waals surface area contributed by atoms with E-state index in [1.54, 1.807) is 0 Å². The quantitative estimate of drug-likeness (QED) is 0.623. The first-order chi connectivity index (χ1) is 15.6. The van der Waals surface area contributed by atoms with Crippen LogP contribution in [0.15, 0.2) is 48.9 Å². The van der Waals surface area contributed by atoms with Gasteiger partial charge in [0, 0.05) is 30.4 Å². The fourth-order valence-corrected chi connectivity index (χ4v) is 4.99. The van der Waals surface area contributed by atoms with Gasteiger partial charge in [0.15, 0.2) is 0 Å². The number of amides is 1. The maximum Gasteiger partial charge on any atom is 0.231 e. The molecule has 0 saturated carbocycles. The van der Waals surface area contributed by atoms with E-state index in [4.69, 9.17) is 16.3 Å². The SMILES string of the molecule is C=C1N[C@](C)(c2cccc(Nc3ccc(C(C)(C)C)nc3)c2Cl)CC(=O)N1C1CCOCC1. The van der Waals surface area contributed by atoms with Gasteiger partial charge in [0.05, 0.1) is 34.6 Å². The second kappa shape index (κ2) is 8.99. The molecule has 6 nitrogen and oxygen atoms in total. The van der Waals surface area contributed by atoms with Gasteiger partial charge in [-0.05, 0) is 43.5 Å². The Labute approximate surface area is 201 Å². The Morgan fingerprint density at radius 2 is 1.97 bits per heavy atom. The monoisotopic (exact) mass is 468 g/mol. The number of rotatable bonds is 4. The highest BCUT2D eigenvalue weighted by Crippen LogP contribution is 2.40. The molecule has 1 aromatic carbocycles. The van der Waals surface area contributed by atoms with Gasteiger partial charge in [-0.1, -0.05) is 51.1 Å². The fraction of sp³-hybridized carbons (Fsp3) is 0.462. The Morgan fingerprint density at radius 3 is 2.58 bits per heavy atom. The zero-order valence-corrected chi connectivity index (χ0v) is 20.6. The Kier molecular flexibility index (Phi) is 6.43. The molecule has 0 aliphatic carbocycles. The lowest BCUT2D eigenvalue weighted by Crippen LogP contribution is -2.57. The molecule has 2 aliphatic rings. The van der Waals surface area contributed by atoms with Crippen molar-refractivity contribution in [2.45, 2.75) is 64.0 Å². The van der Waals surface area contributed by atoms with E-state index in [9.17, 15) is 4.79 Å². The van der Waals surface area contributed by atoms with Crippen molar-refractivity contribution in [3.63, 3.8) is 0 Å². The smallest absolute Gasteiger partial charge is 0.231 e. The Morgan fingerprint density at radius 1 is 1.24 bits per heavy atom. The minimum absolute atomic E-state index is 0.00913. The van der Waals surface area contributed by atoms with Crippen molar-refractivity contribution in [3.8, 4) is 0 Å². The van der Waals surface area contributed by atoms with Crippen LogP contribution in [-0.4, -0.2) is 35.0 Å². The molecule has 3 heterocycles. The van der Waals surface area contributed by atoms with Crippen molar-refractivity contribution in [3.05, 3.63) is 65.2 Å². The molecule has 0 radical (unpaired) electrons. The Bertz CT molecular complexity index is 1020. The summed E-state index contributed by atoms with van der Waals surface area (Å²) in [6.45, 7) is 13.9. The van der Waals surface area contributed by atoms with E-state index in [0.717, 1.165) is 35.5 Å². The minimum Gasteiger partial charge on any atom is -0.381 e. The van der Waals surface area contributed by atoms with Crippen LogP contribution in [0.4, 0.5) is 11.4 Å². The summed E-state index contributed by atoms with van der Waals surface area (Å²) < 4.78 is 5.46. The summed E-state index contributed by atoms with van der Waals surface area (Å²) in [7, 11) is 0. The second-order valence-corrected chi connectivity index (χ2v) is 10.5. The predicted octanol–water partition coefficient (Wildman–Crippen LogP) is 5.46. The molecule has 4 rings (SSSR count). The highest BCUT2D eigenvalue weighted by Gasteiger charge is 2.42. The van der Waals surface area contributed by atoms with Gasteiger partial charge in [-0.25, -0.2) is 0 Å². The van der Waals surface area contributed by atoms with Crippen LogP contribution in [0.2, 0.25) is 5.02 Å². The van der Waals surface area contributed by atoms with Gasteiger partial charge in [-0.3, -0.25) is 14.7 Å². The van der Waals surface area contributed by atoms with Gasteiger partial charge in [0.25, 0.3) is 0 Å². The summed E-state index contributed by atoms with van der Waals surface area (Å²) in [6.07, 6.45) is 3.77. The van der Waals surface area contributed by atoms with Crippen LogP contribution in [0.5, 0.6) is 0 Å². The van der Waals surface area contributed by atoms with E-state index in [1.165, 1.54) is 0 Å². The summed E-state index contributed by atoms with van der Waals surface area (Å²) >= 11 is 6.87. The van der Waals surface area contributed by atoms with Crippen LogP contribution in [0, 0.1) is 0 Å². The molecule has 2 fully saturated rings. The van der Waals surface area contributed by atoms with Gasteiger partial charge in [0.2, 0.25) is 5.91 Å². The molecule has 2 aliphatic heterocycles. The van der Waals surface area contributed by atoms with Crippen LogP contribution in [-0.2, 0) is 20.5 Å². The summed E-state index contributed by atoms with van der Waals surface area (Å²) in [4.78, 5) is 19.6. The highest BCUT2D eigenvalue weighted by atomic mass is 35.5. The number of pyridine rings is 1. The van der Waals surface area contributed by atoms with E-state index < -0.39 is 5.54 Å². The van der Waals surface area contributed by atoms with Crippen molar-refractivity contribution in [1.29, 1.82) is 0 Å². The van der Waals surface area contributed by atoms with Crippen LogP contribution in [0.3, 0.4) is 0 Å². The third-order valence-corrected chi connectivity index (χ3v) is 6.85. The summed E-state index contributed by atoms with van der Waals surface area (Å²) in [5.74, 6) is 0.682. The third-order valence-electron chi connectivity index (χ3n) is 6.44. The standard InChI is InChI=1S/C26H33ClN4O2/c1-17-30-26(5,15-23(32)31(17)19-11-13-33-14-12-19)20-7-6-8-21(24(20)27)29-18-9-10-22(28-16-18)25(2,3)4/h6-10,16,19,29-30H,1,11-15H2,2-5H3/t26-/m0/s1. The summed E-state index contributed by atoms with van der Waals surface area (Å²) in [5, 5.41) is 7.44. The molecule has 1 aromatic heterocycles. The number of anilines is 2. The average Bonchev–Trinajstić information content (AvgIpc) is 2.75. The maximum absolute atomic E-state index is 13.2. The minimum atomic E-state index is -0.654. The van der Waals surface area contributed by atoms with Crippen LogP contribution < -0.4 is 10.6 Å². The van der Waals surface area contributed by atoms with E-state index in [2.05, 4.69) is 43.0 Å². The molecule has 0 bridgehead atoms. The maximum atomic E-state index is 13.2. The van der Waals surface area contributed by atoms with E-state index in [-0.39, 0.29) is 17.4 Å². The zero-order chi connectivity index (χ0) is 23.8. The zero-order valence-electron chi connectivity index (χ0n) is 19.9. The van der Waals surface area contributed by atoms with Crippen molar-refractivity contribution < 1.29 is 9.53 Å². The predicted molar refractivity (Wildman–Crippen MR) is 133 cm³/mol. The molecule has 1 atom stereocenters. The number of nitrogens with zero attached hydrogens (tertiary/aromatic N) is 2. The van der Waals surface area contributed by atoms with E-state index >= 15 is 0 Å².